The lowest BCUT2D eigenvalue weighted by molar-refractivity contribution is 0.303. The Labute approximate surface area is 132 Å². The molecule has 0 saturated carbocycles. The van der Waals surface area contributed by atoms with E-state index in [9.17, 15) is 4.57 Å². The predicted octanol–water partition coefficient (Wildman–Crippen LogP) is 4.64. The first kappa shape index (κ1) is 16.6. The van der Waals surface area contributed by atoms with Gasteiger partial charge in [-0.1, -0.05) is 50.2 Å². The molecule has 22 heavy (non-hydrogen) atoms. The summed E-state index contributed by atoms with van der Waals surface area (Å²) in [5.74, 6) is 1.10. The summed E-state index contributed by atoms with van der Waals surface area (Å²) in [6.07, 6.45) is 0.254. The van der Waals surface area contributed by atoms with Gasteiger partial charge in [-0.3, -0.25) is 4.90 Å². The fourth-order valence-electron chi connectivity index (χ4n) is 2.03. The minimum atomic E-state index is -3.33. The van der Waals surface area contributed by atoms with Crippen molar-refractivity contribution in [2.24, 2.45) is 0 Å². The van der Waals surface area contributed by atoms with Crippen LogP contribution in [0.5, 0.6) is 11.5 Å². The number of hydrogen-bond acceptors (Lipinski definition) is 4. The Bertz CT molecular complexity index is 554. The SMILES string of the molecule is CCN(CC)CP(=O)(Oc1ccccc1)Oc1ccccc1. The Balaban J connectivity index is 2.21. The molecule has 0 aliphatic rings. The van der Waals surface area contributed by atoms with E-state index in [2.05, 4.69) is 0 Å². The van der Waals surface area contributed by atoms with Gasteiger partial charge in [0.15, 0.2) is 0 Å². The number of rotatable bonds is 8. The van der Waals surface area contributed by atoms with Crippen LogP contribution in [0, 0.1) is 0 Å². The smallest absolute Gasteiger partial charge is 0.415 e. The highest BCUT2D eigenvalue weighted by molar-refractivity contribution is 7.54. The van der Waals surface area contributed by atoms with Gasteiger partial charge in [-0.15, -0.1) is 0 Å². The molecule has 0 heterocycles. The van der Waals surface area contributed by atoms with Crippen LogP contribution in [0.3, 0.4) is 0 Å². The number of hydrogen-bond donors (Lipinski definition) is 0. The molecule has 0 aliphatic heterocycles. The van der Waals surface area contributed by atoms with Crippen molar-refractivity contribution in [2.45, 2.75) is 13.8 Å². The summed E-state index contributed by atoms with van der Waals surface area (Å²) in [6.45, 7) is 5.63. The maximum atomic E-state index is 13.2. The van der Waals surface area contributed by atoms with Crippen LogP contribution in [-0.4, -0.2) is 24.3 Å². The third-order valence-electron chi connectivity index (χ3n) is 3.24. The first-order valence-corrected chi connectivity index (χ1v) is 9.18. The van der Waals surface area contributed by atoms with E-state index in [4.69, 9.17) is 9.05 Å². The zero-order valence-electron chi connectivity index (χ0n) is 13.0. The number of para-hydroxylation sites is 2. The summed E-state index contributed by atoms with van der Waals surface area (Å²) in [5.41, 5.74) is 0. The highest BCUT2D eigenvalue weighted by atomic mass is 31.2. The maximum absolute atomic E-state index is 13.2. The van der Waals surface area contributed by atoms with Crippen LogP contribution < -0.4 is 9.05 Å². The highest BCUT2D eigenvalue weighted by Gasteiger charge is 2.30. The molecule has 0 saturated heterocycles. The second-order valence-electron chi connectivity index (χ2n) is 4.86. The minimum Gasteiger partial charge on any atom is -0.415 e. The summed E-state index contributed by atoms with van der Waals surface area (Å²) in [7, 11) is -3.33. The van der Waals surface area contributed by atoms with Crippen LogP contribution in [0.2, 0.25) is 0 Å². The van der Waals surface area contributed by atoms with Crippen molar-refractivity contribution in [3.63, 3.8) is 0 Å². The van der Waals surface area contributed by atoms with Gasteiger partial charge >= 0.3 is 7.60 Å². The lowest BCUT2D eigenvalue weighted by Crippen LogP contribution is -2.26. The van der Waals surface area contributed by atoms with Crippen LogP contribution in [0.4, 0.5) is 0 Å². The summed E-state index contributed by atoms with van der Waals surface area (Å²) in [5, 5.41) is 0. The molecule has 2 rings (SSSR count). The molecule has 0 aromatic heterocycles. The van der Waals surface area contributed by atoms with Gasteiger partial charge in [0, 0.05) is 0 Å². The Morgan fingerprint density at radius 3 is 1.59 bits per heavy atom. The van der Waals surface area contributed by atoms with Crippen LogP contribution in [-0.2, 0) is 4.57 Å². The van der Waals surface area contributed by atoms with Crippen molar-refractivity contribution in [3.05, 3.63) is 60.7 Å². The normalized spacial score (nSPS) is 11.4. The van der Waals surface area contributed by atoms with Crippen LogP contribution in [0.1, 0.15) is 13.8 Å². The van der Waals surface area contributed by atoms with Crippen LogP contribution in [0.15, 0.2) is 60.7 Å². The van der Waals surface area contributed by atoms with E-state index in [-0.39, 0.29) is 6.29 Å². The second kappa shape index (κ2) is 8.02. The molecule has 118 valence electrons. The molecule has 0 unspecified atom stereocenters. The zero-order valence-corrected chi connectivity index (χ0v) is 13.9. The molecule has 2 aromatic rings. The van der Waals surface area contributed by atoms with Crippen molar-refractivity contribution < 1.29 is 13.6 Å². The topological polar surface area (TPSA) is 38.8 Å². The van der Waals surface area contributed by atoms with Crippen LogP contribution >= 0.6 is 7.60 Å². The molecule has 0 aliphatic carbocycles. The number of benzene rings is 2. The first-order valence-electron chi connectivity index (χ1n) is 7.46. The first-order chi connectivity index (χ1) is 10.6. The van der Waals surface area contributed by atoms with Gasteiger partial charge in [-0.2, -0.15) is 0 Å². The van der Waals surface area contributed by atoms with Gasteiger partial charge in [0.05, 0.1) is 0 Å². The van der Waals surface area contributed by atoms with Gasteiger partial charge in [0.1, 0.15) is 17.8 Å². The van der Waals surface area contributed by atoms with Gasteiger partial charge < -0.3 is 9.05 Å². The van der Waals surface area contributed by atoms with Gasteiger partial charge in [-0.05, 0) is 37.4 Å². The molecular formula is C17H22NO3P. The van der Waals surface area contributed by atoms with E-state index in [0.717, 1.165) is 13.1 Å². The molecule has 5 heteroatoms. The lowest BCUT2D eigenvalue weighted by Gasteiger charge is -2.25. The monoisotopic (exact) mass is 319 g/mol. The summed E-state index contributed by atoms with van der Waals surface area (Å²) in [4.78, 5) is 2.03. The van der Waals surface area contributed by atoms with Gasteiger partial charge in [0.25, 0.3) is 0 Å². The Morgan fingerprint density at radius 2 is 1.23 bits per heavy atom. The molecule has 0 amide bonds. The van der Waals surface area contributed by atoms with E-state index in [1.54, 1.807) is 24.3 Å². The third kappa shape index (κ3) is 4.90. The molecule has 2 aromatic carbocycles. The summed E-state index contributed by atoms with van der Waals surface area (Å²) >= 11 is 0. The van der Waals surface area contributed by atoms with Gasteiger partial charge in [-0.25, -0.2) is 4.57 Å². The molecule has 0 bridgehead atoms. The van der Waals surface area contributed by atoms with Crippen molar-refractivity contribution in [3.8, 4) is 11.5 Å². The van der Waals surface area contributed by atoms with Crippen molar-refractivity contribution >= 4 is 7.60 Å². The van der Waals surface area contributed by atoms with E-state index < -0.39 is 7.60 Å². The second-order valence-corrected chi connectivity index (χ2v) is 6.73. The van der Waals surface area contributed by atoms with E-state index in [1.165, 1.54) is 0 Å². The average molecular weight is 319 g/mol. The van der Waals surface area contributed by atoms with Crippen LogP contribution in [0.25, 0.3) is 0 Å². The average Bonchev–Trinajstić information content (AvgIpc) is 2.54. The van der Waals surface area contributed by atoms with Crippen molar-refractivity contribution in [2.75, 3.05) is 19.4 Å². The Morgan fingerprint density at radius 1 is 0.818 bits per heavy atom. The maximum Gasteiger partial charge on any atom is 0.444 e. The number of nitrogens with zero attached hydrogens (tertiary/aromatic N) is 1. The summed E-state index contributed by atoms with van der Waals surface area (Å²) < 4.78 is 24.7. The standard InChI is InChI=1S/C17H22NO3P/c1-3-18(4-2)15-22(19,20-16-11-7-5-8-12-16)21-17-13-9-6-10-14-17/h5-14H,3-4,15H2,1-2H3. The molecule has 0 fully saturated rings. The molecule has 4 nitrogen and oxygen atoms in total. The zero-order chi connectivity index (χ0) is 15.8. The summed E-state index contributed by atoms with van der Waals surface area (Å²) in [6, 6.07) is 18.3. The fourth-order valence-corrected chi connectivity index (χ4v) is 3.96. The largest absolute Gasteiger partial charge is 0.444 e. The molecule has 0 spiro atoms. The van der Waals surface area contributed by atoms with Crippen molar-refractivity contribution in [1.82, 2.24) is 4.90 Å². The third-order valence-corrected chi connectivity index (χ3v) is 4.97. The lowest BCUT2D eigenvalue weighted by atomic mass is 10.3. The van der Waals surface area contributed by atoms with E-state index >= 15 is 0 Å². The molecule has 0 radical (unpaired) electrons. The Hall–Kier alpha value is -1.77. The molecule has 0 N–H and O–H groups in total. The van der Waals surface area contributed by atoms with Gasteiger partial charge in [0.2, 0.25) is 0 Å². The van der Waals surface area contributed by atoms with E-state index in [1.807, 2.05) is 55.1 Å². The highest BCUT2D eigenvalue weighted by Crippen LogP contribution is 2.48. The molecular weight excluding hydrogens is 297 g/mol. The Kier molecular flexibility index (Phi) is 6.05. The predicted molar refractivity (Wildman–Crippen MR) is 89.5 cm³/mol. The fraction of sp³-hybridized carbons (Fsp3) is 0.294. The van der Waals surface area contributed by atoms with Crippen molar-refractivity contribution in [1.29, 1.82) is 0 Å². The minimum absolute atomic E-state index is 0.254. The molecule has 0 atom stereocenters. The quantitative estimate of drug-likeness (QED) is 0.665. The van der Waals surface area contributed by atoms with E-state index in [0.29, 0.717) is 11.5 Å².